The molecule has 2 amide bonds. The molecule has 0 radical (unpaired) electrons. The molecule has 4 aromatic rings. The number of anilines is 3. The highest BCUT2D eigenvalue weighted by Crippen LogP contribution is 2.48. The number of aliphatic carboxylic acids is 1. The molecule has 6 rings (SSSR count). The second-order valence-corrected chi connectivity index (χ2v) is 13.8. The molecule has 0 saturated carbocycles. The van der Waals surface area contributed by atoms with Gasteiger partial charge in [-0.3, -0.25) is 19.5 Å². The Morgan fingerprint density at radius 1 is 1.10 bits per heavy atom. The van der Waals surface area contributed by atoms with Crippen molar-refractivity contribution in [2.24, 2.45) is 0 Å². The van der Waals surface area contributed by atoms with Gasteiger partial charge in [-0.05, 0) is 90.9 Å². The van der Waals surface area contributed by atoms with E-state index in [0.717, 1.165) is 40.1 Å². The first-order valence-electron chi connectivity index (χ1n) is 16.2. The summed E-state index contributed by atoms with van der Waals surface area (Å²) in [6.45, 7) is 9.03. The van der Waals surface area contributed by atoms with Crippen molar-refractivity contribution in [3.05, 3.63) is 89.1 Å². The number of amides is 2. The Balaban J connectivity index is 0.00000133. The Labute approximate surface area is 291 Å². The monoisotopic (exact) mass is 705 g/mol. The number of fused-ring (bicyclic) bond motifs is 10. The molecule has 0 aliphatic carbocycles. The average molecular weight is 706 g/mol. The van der Waals surface area contributed by atoms with Gasteiger partial charge in [-0.1, -0.05) is 25.1 Å². The molecular weight excluding hydrogens is 661 g/mol. The Morgan fingerprint density at radius 2 is 1.80 bits per heavy atom. The minimum atomic E-state index is -3.75. The largest absolute Gasteiger partial charge is 0.481 e. The van der Waals surface area contributed by atoms with Gasteiger partial charge in [0.25, 0.3) is 5.97 Å². The van der Waals surface area contributed by atoms with Crippen molar-refractivity contribution in [2.75, 3.05) is 43.2 Å². The Morgan fingerprint density at radius 3 is 2.46 bits per heavy atom. The number of nitrogens with zero attached hydrogens (tertiary/aromatic N) is 2. The van der Waals surface area contributed by atoms with E-state index in [1.54, 1.807) is 50.2 Å². The van der Waals surface area contributed by atoms with Gasteiger partial charge >= 0.3 is 13.7 Å². The third kappa shape index (κ3) is 9.17. The average Bonchev–Trinajstić information content (AvgIpc) is 3.05. The zero-order chi connectivity index (χ0) is 36.6. The molecule has 0 unspecified atom stereocenters. The molecule has 1 aromatic heterocycles. The Bertz CT molecular complexity index is 1910. The second kappa shape index (κ2) is 16.6. The van der Waals surface area contributed by atoms with Crippen molar-refractivity contribution in [2.45, 2.75) is 53.1 Å². The van der Waals surface area contributed by atoms with E-state index in [4.69, 9.17) is 29.4 Å². The van der Waals surface area contributed by atoms with Gasteiger partial charge in [0.05, 0.1) is 25.1 Å². The molecule has 14 heteroatoms. The fourth-order valence-electron chi connectivity index (χ4n) is 5.75. The molecule has 0 saturated heterocycles. The van der Waals surface area contributed by atoms with E-state index in [1.807, 2.05) is 56.3 Å². The molecule has 3 aromatic carbocycles. The molecule has 2 aliphatic heterocycles. The number of nitrogens with two attached hydrogens (primary N) is 1. The van der Waals surface area contributed by atoms with E-state index in [0.29, 0.717) is 22.4 Å². The first-order valence-corrected chi connectivity index (χ1v) is 17.7. The summed E-state index contributed by atoms with van der Waals surface area (Å²) in [6.07, 6.45) is 1.03. The Hall–Kier alpha value is -4.97. The summed E-state index contributed by atoms with van der Waals surface area (Å²) >= 11 is 0. The molecule has 0 spiro atoms. The van der Waals surface area contributed by atoms with Crippen LogP contribution in [0.15, 0.2) is 66.9 Å². The maximum absolute atomic E-state index is 14.4. The first kappa shape index (κ1) is 37.8. The van der Waals surface area contributed by atoms with Gasteiger partial charge in [-0.15, -0.1) is 0 Å². The minimum Gasteiger partial charge on any atom is -0.481 e. The van der Waals surface area contributed by atoms with Gasteiger partial charge in [0, 0.05) is 49.4 Å². The molecule has 13 nitrogen and oxygen atoms in total. The van der Waals surface area contributed by atoms with E-state index in [9.17, 15) is 14.2 Å². The number of pyridine rings is 1. The Kier molecular flexibility index (Phi) is 12.6. The highest BCUT2D eigenvalue weighted by Gasteiger charge is 2.32. The number of carboxylic acid groups (broad SMARTS) is 1. The highest BCUT2D eigenvalue weighted by atomic mass is 31.2. The van der Waals surface area contributed by atoms with Gasteiger partial charge in [0.2, 0.25) is 5.91 Å². The molecule has 3 heterocycles. The minimum absolute atomic E-state index is 0.0507. The van der Waals surface area contributed by atoms with Crippen LogP contribution in [0.2, 0.25) is 0 Å². The lowest BCUT2D eigenvalue weighted by atomic mass is 9.93. The lowest BCUT2D eigenvalue weighted by Crippen LogP contribution is -2.36. The van der Waals surface area contributed by atoms with Crippen LogP contribution in [-0.4, -0.2) is 59.8 Å². The van der Waals surface area contributed by atoms with Gasteiger partial charge < -0.3 is 34.8 Å². The van der Waals surface area contributed by atoms with Crippen LogP contribution < -0.4 is 21.7 Å². The van der Waals surface area contributed by atoms with Crippen molar-refractivity contribution in [1.82, 2.24) is 9.88 Å². The van der Waals surface area contributed by atoms with Gasteiger partial charge in [-0.2, -0.15) is 0 Å². The molecule has 0 fully saturated rings. The SMILES string of the molecule is CC(=O)O.CCOP(=O)(OCC)c1ccc2cc1CN(C)C(=O)[C@H](Nc1ccc3c(N)nccc3c1)c1ccc(c(C)c1)[C@@H](C)COC(=O)N2. The third-order valence-electron chi connectivity index (χ3n) is 7.98. The zero-order valence-corrected chi connectivity index (χ0v) is 30.0. The van der Waals surface area contributed by atoms with Crippen LogP contribution in [0.4, 0.5) is 22.0 Å². The number of carboxylic acids is 1. The molecular formula is C36H44N5O8P. The molecule has 266 valence electrons. The number of rotatable bonds is 7. The van der Waals surface area contributed by atoms with Crippen molar-refractivity contribution in [3.8, 4) is 0 Å². The lowest BCUT2D eigenvalue weighted by Gasteiger charge is -2.28. The summed E-state index contributed by atoms with van der Waals surface area (Å²) in [5.74, 6) is -0.731. The number of ether oxygens (including phenoxy) is 1. The maximum Gasteiger partial charge on any atom is 0.411 e. The number of likely N-dealkylation sites (N-methyl/N-ethyl adjacent to an activating group) is 1. The van der Waals surface area contributed by atoms with Crippen LogP contribution in [0.1, 0.15) is 61.9 Å². The molecule has 50 heavy (non-hydrogen) atoms. The highest BCUT2D eigenvalue weighted by molar-refractivity contribution is 7.62. The number of aromatic nitrogens is 1. The van der Waals surface area contributed by atoms with Crippen LogP contribution >= 0.6 is 7.60 Å². The number of aryl methyl sites for hydroxylation is 1. The lowest BCUT2D eigenvalue weighted by molar-refractivity contribution is -0.134. The number of carbonyl (C=O) groups excluding carboxylic acids is 2. The fourth-order valence-corrected chi connectivity index (χ4v) is 7.53. The number of hydrogen-bond donors (Lipinski definition) is 4. The molecule has 2 atom stereocenters. The standard InChI is InChI=1S/C34H40N5O6P.C2H4O2/c1-6-44-46(42,45-7-2)30-13-10-27-18-25(30)19-39(5)33(40)31(37-26-9-12-29-23(17-26)14-15-36-32(29)35)24-8-11-28(21(3)16-24)22(4)20-43-34(41)38-27;1-2(3)4/h8-18,22,31,37H,6-7,19-20H2,1-5H3,(H2,35,36)(H,38,41);1H3,(H,3,4)/t22-,31+;/m0./s1. The van der Waals surface area contributed by atoms with Gasteiger partial charge in [0.15, 0.2) is 0 Å². The van der Waals surface area contributed by atoms with Gasteiger partial charge in [-0.25, -0.2) is 9.78 Å². The number of nitrogen functional groups attached to an aromatic ring is 1. The summed E-state index contributed by atoms with van der Waals surface area (Å²) in [5.41, 5.74) is 10.4. The molecule has 4 bridgehead atoms. The maximum atomic E-state index is 14.4. The fraction of sp³-hybridized carbons (Fsp3) is 0.333. The second-order valence-electron chi connectivity index (χ2n) is 11.8. The first-order chi connectivity index (χ1) is 23.8. The predicted octanol–water partition coefficient (Wildman–Crippen LogP) is 6.59. The van der Waals surface area contributed by atoms with Crippen molar-refractivity contribution < 1.29 is 37.8 Å². The number of nitrogens with one attached hydrogen (secondary N) is 2. The van der Waals surface area contributed by atoms with Crippen molar-refractivity contribution >= 4 is 58.8 Å². The number of hydrogen-bond acceptors (Lipinski definition) is 10. The van der Waals surface area contributed by atoms with E-state index >= 15 is 0 Å². The van der Waals surface area contributed by atoms with Crippen molar-refractivity contribution in [1.29, 1.82) is 0 Å². The number of benzene rings is 3. The third-order valence-corrected chi connectivity index (χ3v) is 10.2. The van der Waals surface area contributed by atoms with E-state index in [-0.39, 0.29) is 38.2 Å². The van der Waals surface area contributed by atoms with Crippen LogP contribution in [0.25, 0.3) is 10.8 Å². The zero-order valence-electron chi connectivity index (χ0n) is 29.1. The summed E-state index contributed by atoms with van der Waals surface area (Å²) < 4.78 is 30.8. The van der Waals surface area contributed by atoms with E-state index in [1.165, 1.54) is 0 Å². The molecule has 5 N–H and O–H groups in total. The summed E-state index contributed by atoms with van der Waals surface area (Å²) in [4.78, 5) is 41.9. The summed E-state index contributed by atoms with van der Waals surface area (Å²) in [7, 11) is -2.07. The summed E-state index contributed by atoms with van der Waals surface area (Å²) in [5, 5.41) is 15.6. The topological polar surface area (TPSA) is 182 Å². The normalized spacial score (nSPS) is 16.6. The van der Waals surface area contributed by atoms with Crippen LogP contribution in [-0.2, 0) is 34.5 Å². The van der Waals surface area contributed by atoms with E-state index in [2.05, 4.69) is 15.6 Å². The van der Waals surface area contributed by atoms with Crippen LogP contribution in [0, 0.1) is 6.92 Å². The number of carbonyl (C=O) groups is 3. The van der Waals surface area contributed by atoms with Gasteiger partial charge in [0.1, 0.15) is 11.9 Å². The smallest absolute Gasteiger partial charge is 0.411 e. The quantitative estimate of drug-likeness (QED) is 0.152. The van der Waals surface area contributed by atoms with Crippen LogP contribution in [0.5, 0.6) is 0 Å². The van der Waals surface area contributed by atoms with E-state index < -0.39 is 25.7 Å². The summed E-state index contributed by atoms with van der Waals surface area (Å²) in [6, 6.07) is 17.5. The molecule has 2 aliphatic rings. The van der Waals surface area contributed by atoms with Crippen molar-refractivity contribution in [3.63, 3.8) is 0 Å². The van der Waals surface area contributed by atoms with Crippen LogP contribution in [0.3, 0.4) is 0 Å². The predicted molar refractivity (Wildman–Crippen MR) is 194 cm³/mol.